The predicted molar refractivity (Wildman–Crippen MR) is 108 cm³/mol. The van der Waals surface area contributed by atoms with E-state index in [-0.39, 0.29) is 5.41 Å². The summed E-state index contributed by atoms with van der Waals surface area (Å²) >= 11 is 0. The zero-order chi connectivity index (χ0) is 17.3. The minimum Gasteiger partial charge on any atom is -0.0960 e. The summed E-state index contributed by atoms with van der Waals surface area (Å²) in [6.45, 7) is 0. The second kappa shape index (κ2) is 4.77. The van der Waals surface area contributed by atoms with Gasteiger partial charge in [0.05, 0.1) is 5.41 Å². The second-order valence-electron chi connectivity index (χ2n) is 7.19. The van der Waals surface area contributed by atoms with Crippen LogP contribution in [0.2, 0.25) is 0 Å². The Kier molecular flexibility index (Phi) is 2.59. The van der Waals surface area contributed by atoms with E-state index in [4.69, 9.17) is 7.85 Å². The molecule has 4 aromatic rings. The van der Waals surface area contributed by atoms with Crippen molar-refractivity contribution in [2.24, 2.45) is 0 Å². The van der Waals surface area contributed by atoms with Crippen molar-refractivity contribution >= 4 is 13.3 Å². The molecular weight excluding hydrogens is 311 g/mol. The summed E-state index contributed by atoms with van der Waals surface area (Å²) in [5.74, 6) is 0. The van der Waals surface area contributed by atoms with Crippen LogP contribution in [0.5, 0.6) is 0 Å². The van der Waals surface area contributed by atoms with Gasteiger partial charge in [0, 0.05) is 0 Å². The molecule has 0 heterocycles. The van der Waals surface area contributed by atoms with Gasteiger partial charge in [0.25, 0.3) is 0 Å². The maximum Gasteiger partial charge on any atom is 0.113 e. The summed E-state index contributed by atoms with van der Waals surface area (Å²) in [7, 11) is 6.16. The molecule has 0 fully saturated rings. The summed E-state index contributed by atoms with van der Waals surface area (Å²) < 4.78 is 0. The number of benzene rings is 4. The van der Waals surface area contributed by atoms with Crippen LogP contribution in [0.3, 0.4) is 0 Å². The van der Waals surface area contributed by atoms with Crippen LogP contribution in [0.1, 0.15) is 22.3 Å². The van der Waals surface area contributed by atoms with Crippen molar-refractivity contribution in [2.75, 3.05) is 0 Å². The first-order valence-corrected chi connectivity index (χ1v) is 9.01. The normalized spacial score (nSPS) is 14.6. The van der Waals surface area contributed by atoms with Crippen LogP contribution >= 0.6 is 0 Å². The number of fused-ring (bicyclic) bond motifs is 10. The maximum atomic E-state index is 6.16. The highest BCUT2D eigenvalue weighted by Gasteiger charge is 2.51. The van der Waals surface area contributed by atoms with E-state index in [0.717, 1.165) is 5.46 Å². The van der Waals surface area contributed by atoms with Crippen molar-refractivity contribution < 1.29 is 0 Å². The minimum absolute atomic E-state index is 0.243. The van der Waals surface area contributed by atoms with Gasteiger partial charge in [-0.1, -0.05) is 96.5 Å². The van der Waals surface area contributed by atoms with Gasteiger partial charge in [0.2, 0.25) is 0 Å². The molecule has 26 heavy (non-hydrogen) atoms. The van der Waals surface area contributed by atoms with Crippen LogP contribution in [0, 0.1) is 0 Å². The molecule has 0 saturated carbocycles. The van der Waals surface area contributed by atoms with E-state index < -0.39 is 0 Å². The molecule has 0 bridgehead atoms. The van der Waals surface area contributed by atoms with Crippen LogP contribution in [0.4, 0.5) is 0 Å². The molecular formula is C25H15B. The number of hydrogen-bond donors (Lipinski definition) is 0. The van der Waals surface area contributed by atoms with E-state index >= 15 is 0 Å². The summed E-state index contributed by atoms with van der Waals surface area (Å²) in [5.41, 5.74) is 11.2. The van der Waals surface area contributed by atoms with E-state index in [1.807, 2.05) is 6.07 Å². The van der Waals surface area contributed by atoms with Crippen molar-refractivity contribution in [3.63, 3.8) is 0 Å². The lowest BCUT2D eigenvalue weighted by atomic mass is 9.70. The van der Waals surface area contributed by atoms with Gasteiger partial charge in [-0.15, -0.1) is 0 Å². The smallest absolute Gasteiger partial charge is 0.0960 e. The topological polar surface area (TPSA) is 0 Å². The van der Waals surface area contributed by atoms with Crippen molar-refractivity contribution in [2.45, 2.75) is 5.41 Å². The zero-order valence-corrected chi connectivity index (χ0v) is 14.2. The molecule has 0 nitrogen and oxygen atoms in total. The molecule has 2 radical (unpaired) electrons. The van der Waals surface area contributed by atoms with E-state index in [1.54, 1.807) is 0 Å². The van der Waals surface area contributed by atoms with Crippen LogP contribution in [0.15, 0.2) is 91.0 Å². The van der Waals surface area contributed by atoms with Crippen molar-refractivity contribution in [3.05, 3.63) is 113 Å². The van der Waals surface area contributed by atoms with E-state index in [9.17, 15) is 0 Å². The largest absolute Gasteiger partial charge is 0.113 e. The molecule has 0 N–H and O–H groups in total. The Morgan fingerprint density at radius 1 is 0.462 bits per heavy atom. The summed E-state index contributed by atoms with van der Waals surface area (Å²) in [4.78, 5) is 0. The van der Waals surface area contributed by atoms with Crippen molar-refractivity contribution in [3.8, 4) is 22.3 Å². The van der Waals surface area contributed by atoms with Gasteiger partial charge >= 0.3 is 0 Å². The Labute approximate surface area is 154 Å². The highest BCUT2D eigenvalue weighted by molar-refractivity contribution is 6.32. The van der Waals surface area contributed by atoms with Gasteiger partial charge in [-0.3, -0.25) is 0 Å². The first-order valence-electron chi connectivity index (χ1n) is 9.01. The van der Waals surface area contributed by atoms with Crippen LogP contribution in [-0.4, -0.2) is 7.85 Å². The molecule has 0 amide bonds. The Hall–Kier alpha value is -3.06. The molecule has 1 spiro atoms. The fraction of sp³-hybridized carbons (Fsp3) is 0.0400. The molecule has 0 saturated heterocycles. The van der Waals surface area contributed by atoms with Crippen LogP contribution < -0.4 is 5.46 Å². The quantitative estimate of drug-likeness (QED) is 0.351. The molecule has 0 aliphatic heterocycles. The summed E-state index contributed by atoms with van der Waals surface area (Å²) in [6.07, 6.45) is 0. The van der Waals surface area contributed by atoms with Gasteiger partial charge in [-0.05, 0) is 44.5 Å². The van der Waals surface area contributed by atoms with Gasteiger partial charge in [0.15, 0.2) is 0 Å². The molecule has 0 atom stereocenters. The molecule has 118 valence electrons. The SMILES string of the molecule is [B]c1ccc2c(c1)-c1ccccc1C21c2ccccc2-c2ccccc21. The lowest BCUT2D eigenvalue weighted by molar-refractivity contribution is 0.794. The molecule has 0 unspecified atom stereocenters. The highest BCUT2D eigenvalue weighted by Crippen LogP contribution is 2.62. The monoisotopic (exact) mass is 326 g/mol. The standard InChI is InChI=1S/C25H15B/c26-16-13-14-24-20(15-16)19-9-3-6-12-23(19)25(24)21-10-4-1-7-17(21)18-8-2-5-11-22(18)25/h1-15H. The molecule has 6 rings (SSSR count). The lowest BCUT2D eigenvalue weighted by Crippen LogP contribution is -2.26. The van der Waals surface area contributed by atoms with Crippen LogP contribution in [0.25, 0.3) is 22.3 Å². The Balaban J connectivity index is 1.87. The van der Waals surface area contributed by atoms with Gasteiger partial charge in [0.1, 0.15) is 7.85 Å². The van der Waals surface area contributed by atoms with Crippen molar-refractivity contribution in [1.29, 1.82) is 0 Å². The molecule has 1 heteroatoms. The van der Waals surface area contributed by atoms with Crippen molar-refractivity contribution in [1.82, 2.24) is 0 Å². The fourth-order valence-corrected chi connectivity index (χ4v) is 5.12. The predicted octanol–water partition coefficient (Wildman–Crippen LogP) is 4.82. The third-order valence-electron chi connectivity index (χ3n) is 6.02. The molecule has 4 aromatic carbocycles. The van der Waals surface area contributed by atoms with E-state index in [2.05, 4.69) is 84.9 Å². The van der Waals surface area contributed by atoms with Gasteiger partial charge < -0.3 is 0 Å². The molecule has 2 aliphatic carbocycles. The zero-order valence-electron chi connectivity index (χ0n) is 14.2. The average Bonchev–Trinajstić information content (AvgIpc) is 3.15. The van der Waals surface area contributed by atoms with Crippen LogP contribution in [-0.2, 0) is 5.41 Å². The number of rotatable bonds is 0. The highest BCUT2D eigenvalue weighted by atomic mass is 14.5. The first-order chi connectivity index (χ1) is 12.8. The third kappa shape index (κ3) is 1.48. The fourth-order valence-electron chi connectivity index (χ4n) is 5.12. The maximum absolute atomic E-state index is 6.16. The lowest BCUT2D eigenvalue weighted by Gasteiger charge is -2.30. The van der Waals surface area contributed by atoms with Gasteiger partial charge in [-0.25, -0.2) is 0 Å². The summed E-state index contributed by atoms with van der Waals surface area (Å²) in [6, 6.07) is 32.9. The first kappa shape index (κ1) is 14.1. The van der Waals surface area contributed by atoms with Gasteiger partial charge in [-0.2, -0.15) is 0 Å². The molecule has 0 aromatic heterocycles. The third-order valence-corrected chi connectivity index (χ3v) is 6.02. The molecule has 2 aliphatic rings. The van der Waals surface area contributed by atoms with E-state index in [0.29, 0.717) is 0 Å². The number of hydrogen-bond acceptors (Lipinski definition) is 0. The second-order valence-corrected chi connectivity index (χ2v) is 7.19. The Morgan fingerprint density at radius 2 is 0.885 bits per heavy atom. The minimum atomic E-state index is -0.243. The summed E-state index contributed by atoms with van der Waals surface area (Å²) in [5, 5.41) is 0. The Bertz CT molecular complexity index is 1160. The Morgan fingerprint density at radius 3 is 1.42 bits per heavy atom. The average molecular weight is 326 g/mol. The van der Waals surface area contributed by atoms with E-state index in [1.165, 1.54) is 44.5 Å².